The minimum absolute atomic E-state index is 0.0446. The molecule has 0 unspecified atom stereocenters. The highest BCUT2D eigenvalue weighted by molar-refractivity contribution is 6.06. The molecule has 2 aromatic rings. The van der Waals surface area contributed by atoms with Crippen molar-refractivity contribution >= 4 is 17.6 Å². The number of hydrogen-bond acceptors (Lipinski definition) is 5. The molecule has 2 aromatic carbocycles. The van der Waals surface area contributed by atoms with Crippen LogP contribution in [0.2, 0.25) is 0 Å². The van der Waals surface area contributed by atoms with Gasteiger partial charge in [0.1, 0.15) is 11.6 Å². The standard InChI is InChI=1S/C19H18N4O3/c20-9-13-3-1-4-14(7-13)11-22-12-16(10-21)18(24)23-17-6-2-5-15(8-17)19(25)26/h1-8,12,22H,9,11,20H2,(H,23,24)(H,25,26)/b16-12-. The van der Waals surface area contributed by atoms with E-state index in [-0.39, 0.29) is 11.1 Å². The van der Waals surface area contributed by atoms with E-state index in [2.05, 4.69) is 10.6 Å². The normalized spacial score (nSPS) is 10.7. The molecule has 2 rings (SSSR count). The Labute approximate surface area is 150 Å². The van der Waals surface area contributed by atoms with Gasteiger partial charge in [-0.25, -0.2) is 4.79 Å². The summed E-state index contributed by atoms with van der Waals surface area (Å²) in [6, 6.07) is 15.3. The molecule has 5 N–H and O–H groups in total. The highest BCUT2D eigenvalue weighted by atomic mass is 16.4. The van der Waals surface area contributed by atoms with Crippen molar-refractivity contribution in [3.63, 3.8) is 0 Å². The molecule has 0 spiro atoms. The molecule has 0 saturated heterocycles. The summed E-state index contributed by atoms with van der Waals surface area (Å²) in [5, 5.41) is 23.6. The molecule has 0 saturated carbocycles. The molecule has 0 bridgehead atoms. The largest absolute Gasteiger partial charge is 0.478 e. The Bertz CT molecular complexity index is 884. The smallest absolute Gasteiger partial charge is 0.335 e. The molecular formula is C19H18N4O3. The Morgan fingerprint density at radius 1 is 1.15 bits per heavy atom. The molecule has 0 aromatic heterocycles. The van der Waals surface area contributed by atoms with Crippen LogP contribution in [0.1, 0.15) is 21.5 Å². The maximum absolute atomic E-state index is 12.2. The predicted octanol–water partition coefficient (Wildman–Crippen LogP) is 1.98. The van der Waals surface area contributed by atoms with Crippen LogP contribution in [0.3, 0.4) is 0 Å². The van der Waals surface area contributed by atoms with E-state index in [0.29, 0.717) is 18.8 Å². The van der Waals surface area contributed by atoms with Gasteiger partial charge in [-0.05, 0) is 29.3 Å². The van der Waals surface area contributed by atoms with Crippen LogP contribution >= 0.6 is 0 Å². The second kappa shape index (κ2) is 9.01. The molecule has 0 heterocycles. The summed E-state index contributed by atoms with van der Waals surface area (Å²) in [4.78, 5) is 23.1. The van der Waals surface area contributed by atoms with Crippen LogP contribution in [-0.2, 0) is 17.9 Å². The lowest BCUT2D eigenvalue weighted by Gasteiger charge is -2.07. The Morgan fingerprint density at radius 2 is 1.88 bits per heavy atom. The van der Waals surface area contributed by atoms with E-state index < -0.39 is 11.9 Å². The van der Waals surface area contributed by atoms with Crippen molar-refractivity contribution in [1.29, 1.82) is 5.26 Å². The Hall–Kier alpha value is -3.63. The third-order valence-corrected chi connectivity index (χ3v) is 3.51. The van der Waals surface area contributed by atoms with Crippen molar-refractivity contribution in [1.82, 2.24) is 5.32 Å². The predicted molar refractivity (Wildman–Crippen MR) is 96.9 cm³/mol. The second-order valence-corrected chi connectivity index (χ2v) is 5.41. The van der Waals surface area contributed by atoms with E-state index in [1.54, 1.807) is 6.07 Å². The fourth-order valence-corrected chi connectivity index (χ4v) is 2.21. The van der Waals surface area contributed by atoms with E-state index in [1.807, 2.05) is 30.3 Å². The minimum Gasteiger partial charge on any atom is -0.478 e. The van der Waals surface area contributed by atoms with Gasteiger partial charge in [-0.3, -0.25) is 4.79 Å². The molecule has 7 nitrogen and oxygen atoms in total. The van der Waals surface area contributed by atoms with Gasteiger partial charge in [-0.2, -0.15) is 5.26 Å². The summed E-state index contributed by atoms with van der Waals surface area (Å²) in [7, 11) is 0. The molecular weight excluding hydrogens is 332 g/mol. The molecule has 132 valence electrons. The van der Waals surface area contributed by atoms with Gasteiger partial charge >= 0.3 is 5.97 Å². The third kappa shape index (κ3) is 5.19. The summed E-state index contributed by atoms with van der Waals surface area (Å²) in [6.45, 7) is 0.867. The number of nitriles is 1. The number of nitrogens with two attached hydrogens (primary N) is 1. The number of amides is 1. The topological polar surface area (TPSA) is 128 Å². The van der Waals surface area contributed by atoms with Crippen LogP contribution in [0, 0.1) is 11.3 Å². The Morgan fingerprint density at radius 3 is 2.58 bits per heavy atom. The van der Waals surface area contributed by atoms with Crippen molar-refractivity contribution in [3.8, 4) is 6.07 Å². The SMILES string of the molecule is N#C/C(=C/NCc1cccc(CN)c1)C(=O)Nc1cccc(C(=O)O)c1. The highest BCUT2D eigenvalue weighted by Crippen LogP contribution is 2.12. The first-order valence-corrected chi connectivity index (χ1v) is 7.79. The van der Waals surface area contributed by atoms with Gasteiger partial charge in [-0.15, -0.1) is 0 Å². The van der Waals surface area contributed by atoms with E-state index in [9.17, 15) is 9.59 Å². The zero-order valence-electron chi connectivity index (χ0n) is 13.9. The van der Waals surface area contributed by atoms with Crippen LogP contribution in [0.5, 0.6) is 0 Å². The third-order valence-electron chi connectivity index (χ3n) is 3.51. The number of carbonyl (C=O) groups is 2. The van der Waals surface area contributed by atoms with Crippen molar-refractivity contribution in [2.45, 2.75) is 13.1 Å². The molecule has 0 radical (unpaired) electrons. The van der Waals surface area contributed by atoms with Crippen LogP contribution in [0.4, 0.5) is 5.69 Å². The zero-order valence-corrected chi connectivity index (χ0v) is 13.9. The number of nitrogens with zero attached hydrogens (tertiary/aromatic N) is 1. The van der Waals surface area contributed by atoms with E-state index >= 15 is 0 Å². The number of hydrogen-bond donors (Lipinski definition) is 4. The molecule has 1 amide bonds. The summed E-state index contributed by atoms with van der Waals surface area (Å²) in [5.41, 5.74) is 7.77. The van der Waals surface area contributed by atoms with Gasteiger partial charge in [0.05, 0.1) is 5.56 Å². The van der Waals surface area contributed by atoms with Gasteiger partial charge < -0.3 is 21.5 Å². The van der Waals surface area contributed by atoms with Crippen molar-refractivity contribution in [3.05, 3.63) is 77.0 Å². The minimum atomic E-state index is -1.10. The lowest BCUT2D eigenvalue weighted by atomic mass is 10.1. The average molecular weight is 350 g/mol. The summed E-state index contributed by atoms with van der Waals surface area (Å²) in [5.74, 6) is -1.73. The lowest BCUT2D eigenvalue weighted by molar-refractivity contribution is -0.112. The maximum atomic E-state index is 12.2. The number of aromatic carboxylic acids is 1. The summed E-state index contributed by atoms with van der Waals surface area (Å²) < 4.78 is 0. The second-order valence-electron chi connectivity index (χ2n) is 5.41. The number of anilines is 1. The van der Waals surface area contributed by atoms with Crippen LogP contribution in [0.25, 0.3) is 0 Å². The number of carboxylic acids is 1. The van der Waals surface area contributed by atoms with Crippen molar-refractivity contribution < 1.29 is 14.7 Å². The number of benzene rings is 2. The number of carbonyl (C=O) groups excluding carboxylic acids is 1. The quantitative estimate of drug-likeness (QED) is 0.446. The lowest BCUT2D eigenvalue weighted by Crippen LogP contribution is -2.17. The summed E-state index contributed by atoms with van der Waals surface area (Å²) >= 11 is 0. The van der Waals surface area contributed by atoms with E-state index in [1.165, 1.54) is 24.4 Å². The first kappa shape index (κ1) is 18.7. The van der Waals surface area contributed by atoms with E-state index in [0.717, 1.165) is 11.1 Å². The molecule has 7 heteroatoms. The van der Waals surface area contributed by atoms with Crippen molar-refractivity contribution in [2.75, 3.05) is 5.32 Å². The number of nitrogens with one attached hydrogen (secondary N) is 2. The summed E-state index contributed by atoms with van der Waals surface area (Å²) in [6.07, 6.45) is 1.32. The number of rotatable bonds is 7. The molecule has 0 aliphatic carbocycles. The first-order chi connectivity index (χ1) is 12.5. The van der Waals surface area contributed by atoms with Gasteiger partial charge in [0, 0.05) is 25.0 Å². The fraction of sp³-hybridized carbons (Fsp3) is 0.105. The van der Waals surface area contributed by atoms with Crippen LogP contribution < -0.4 is 16.4 Å². The van der Waals surface area contributed by atoms with E-state index in [4.69, 9.17) is 16.1 Å². The highest BCUT2D eigenvalue weighted by Gasteiger charge is 2.10. The first-order valence-electron chi connectivity index (χ1n) is 7.79. The average Bonchev–Trinajstić information content (AvgIpc) is 2.65. The maximum Gasteiger partial charge on any atom is 0.335 e. The van der Waals surface area contributed by atoms with Crippen LogP contribution in [-0.4, -0.2) is 17.0 Å². The van der Waals surface area contributed by atoms with Gasteiger partial charge in [-0.1, -0.05) is 30.3 Å². The molecule has 0 fully saturated rings. The molecule has 0 atom stereocenters. The fourth-order valence-electron chi connectivity index (χ4n) is 2.21. The zero-order chi connectivity index (χ0) is 18.9. The van der Waals surface area contributed by atoms with Crippen LogP contribution in [0.15, 0.2) is 60.3 Å². The Balaban J connectivity index is 2.01. The van der Waals surface area contributed by atoms with Crippen molar-refractivity contribution in [2.24, 2.45) is 5.73 Å². The van der Waals surface area contributed by atoms with Gasteiger partial charge in [0.15, 0.2) is 0 Å². The number of carboxylic acid groups (broad SMARTS) is 1. The molecule has 0 aliphatic rings. The monoisotopic (exact) mass is 350 g/mol. The molecule has 0 aliphatic heterocycles. The Kier molecular flexibility index (Phi) is 6.48. The van der Waals surface area contributed by atoms with Gasteiger partial charge in [0.25, 0.3) is 5.91 Å². The van der Waals surface area contributed by atoms with Gasteiger partial charge in [0.2, 0.25) is 0 Å². The molecule has 26 heavy (non-hydrogen) atoms.